The summed E-state index contributed by atoms with van der Waals surface area (Å²) < 4.78 is 10.6. The quantitative estimate of drug-likeness (QED) is 0.348. The lowest BCUT2D eigenvalue weighted by atomic mass is 10.1. The number of hydrogen-bond acceptors (Lipinski definition) is 7. The lowest BCUT2D eigenvalue weighted by molar-refractivity contribution is 0.0736. The number of amides is 1. The third kappa shape index (κ3) is 5.76. The number of carbonyl (C=O) groups excluding carboxylic acids is 1. The van der Waals surface area contributed by atoms with E-state index in [1.165, 1.54) is 0 Å². The van der Waals surface area contributed by atoms with Gasteiger partial charge in [-0.05, 0) is 66.2 Å². The number of thiazole rings is 1. The van der Waals surface area contributed by atoms with E-state index in [-0.39, 0.29) is 5.91 Å². The molecule has 1 aromatic heterocycles. The van der Waals surface area contributed by atoms with Gasteiger partial charge in [-0.15, -0.1) is 11.3 Å². The van der Waals surface area contributed by atoms with E-state index in [0.29, 0.717) is 6.54 Å². The van der Waals surface area contributed by atoms with E-state index in [4.69, 9.17) is 14.5 Å². The molecule has 0 unspecified atom stereocenters. The summed E-state index contributed by atoms with van der Waals surface area (Å²) in [6.07, 6.45) is 0. The monoisotopic (exact) mass is 514 g/mol. The number of hydrogen-bond donors (Lipinski definition) is 1. The first kappa shape index (κ1) is 24.8. The van der Waals surface area contributed by atoms with Crippen LogP contribution >= 0.6 is 11.3 Å². The van der Waals surface area contributed by atoms with E-state index in [2.05, 4.69) is 15.6 Å². The summed E-state index contributed by atoms with van der Waals surface area (Å²) in [7, 11) is 3.33. The number of nitrogens with one attached hydrogen (secondary N) is 1. The summed E-state index contributed by atoms with van der Waals surface area (Å²) in [6, 6.07) is 23.8. The Morgan fingerprint density at radius 1 is 0.919 bits per heavy atom. The zero-order valence-corrected chi connectivity index (χ0v) is 21.8. The molecule has 190 valence electrons. The molecule has 8 heteroatoms. The number of benzene rings is 3. The molecular formula is C29H30N4O3S. The van der Waals surface area contributed by atoms with Crippen LogP contribution in [-0.2, 0) is 6.54 Å². The average molecular weight is 515 g/mol. The molecular weight excluding hydrogens is 484 g/mol. The maximum Gasteiger partial charge on any atom is 0.253 e. The normalized spacial score (nSPS) is 13.3. The third-order valence-electron chi connectivity index (χ3n) is 6.44. The van der Waals surface area contributed by atoms with E-state index in [0.717, 1.165) is 70.9 Å². The highest BCUT2D eigenvalue weighted by atomic mass is 32.1. The minimum atomic E-state index is 0.0871. The van der Waals surface area contributed by atoms with Crippen LogP contribution in [0.5, 0.6) is 11.5 Å². The van der Waals surface area contributed by atoms with Crippen molar-refractivity contribution in [2.45, 2.75) is 6.54 Å². The number of anilines is 2. The van der Waals surface area contributed by atoms with Crippen molar-refractivity contribution in [1.82, 2.24) is 15.2 Å². The molecule has 7 nitrogen and oxygen atoms in total. The Morgan fingerprint density at radius 2 is 1.54 bits per heavy atom. The van der Waals surface area contributed by atoms with Crippen molar-refractivity contribution >= 4 is 28.1 Å². The van der Waals surface area contributed by atoms with Gasteiger partial charge in [-0.1, -0.05) is 12.1 Å². The van der Waals surface area contributed by atoms with Gasteiger partial charge in [-0.3, -0.25) is 4.79 Å². The molecule has 0 saturated carbocycles. The molecule has 1 saturated heterocycles. The van der Waals surface area contributed by atoms with Crippen LogP contribution in [-0.4, -0.2) is 56.2 Å². The second-order valence-corrected chi connectivity index (χ2v) is 9.60. The van der Waals surface area contributed by atoms with Crippen molar-refractivity contribution in [1.29, 1.82) is 0 Å². The van der Waals surface area contributed by atoms with Gasteiger partial charge < -0.3 is 24.6 Å². The highest BCUT2D eigenvalue weighted by Crippen LogP contribution is 2.34. The fourth-order valence-electron chi connectivity index (χ4n) is 4.30. The highest BCUT2D eigenvalue weighted by Gasteiger charge is 2.19. The summed E-state index contributed by atoms with van der Waals surface area (Å²) >= 11 is 1.60. The number of methoxy groups -OCH3 is 2. The summed E-state index contributed by atoms with van der Waals surface area (Å²) in [4.78, 5) is 21.9. The summed E-state index contributed by atoms with van der Waals surface area (Å²) in [6.45, 7) is 3.78. The number of carbonyl (C=O) groups is 1. The van der Waals surface area contributed by atoms with Crippen LogP contribution in [0.15, 0.2) is 78.2 Å². The van der Waals surface area contributed by atoms with Gasteiger partial charge in [0.25, 0.3) is 5.91 Å². The first-order valence-electron chi connectivity index (χ1n) is 12.2. The molecule has 0 spiro atoms. The standard InChI is InChI=1S/C29H30N4O3S/c1-35-25-11-7-22(8-12-25)27-20-37-29(31-27)33(24-9-13-26(36-2)14-10-24)19-21-3-5-23(6-4-21)28(34)32-17-15-30-16-18-32/h3-14,20,30H,15-19H2,1-2H3. The van der Waals surface area contributed by atoms with Gasteiger partial charge in [0.1, 0.15) is 11.5 Å². The van der Waals surface area contributed by atoms with Gasteiger partial charge in [0.05, 0.1) is 26.5 Å². The molecule has 1 amide bonds. The summed E-state index contributed by atoms with van der Waals surface area (Å²) in [5, 5.41) is 6.25. The molecule has 1 aliphatic rings. The Morgan fingerprint density at radius 3 is 2.16 bits per heavy atom. The van der Waals surface area contributed by atoms with Crippen LogP contribution in [0.4, 0.5) is 10.8 Å². The van der Waals surface area contributed by atoms with E-state index in [1.807, 2.05) is 77.7 Å². The predicted molar refractivity (Wildman–Crippen MR) is 148 cm³/mol. The average Bonchev–Trinajstić information content (AvgIpc) is 3.46. The van der Waals surface area contributed by atoms with Crippen molar-refractivity contribution in [2.75, 3.05) is 45.3 Å². The lowest BCUT2D eigenvalue weighted by Gasteiger charge is -2.27. The van der Waals surface area contributed by atoms with Crippen molar-refractivity contribution in [3.8, 4) is 22.8 Å². The van der Waals surface area contributed by atoms with E-state index in [9.17, 15) is 4.79 Å². The summed E-state index contributed by atoms with van der Waals surface area (Å²) in [5.74, 6) is 1.71. The Balaban J connectivity index is 1.40. The molecule has 1 fully saturated rings. The molecule has 0 atom stereocenters. The molecule has 1 N–H and O–H groups in total. The van der Waals surface area contributed by atoms with Crippen LogP contribution in [0, 0.1) is 0 Å². The Bertz CT molecular complexity index is 1310. The fourth-order valence-corrected chi connectivity index (χ4v) is 5.15. The van der Waals surface area contributed by atoms with Gasteiger partial charge in [0.15, 0.2) is 5.13 Å². The molecule has 0 aliphatic carbocycles. The molecule has 4 aromatic rings. The molecule has 37 heavy (non-hydrogen) atoms. The predicted octanol–water partition coefficient (Wildman–Crippen LogP) is 5.21. The van der Waals surface area contributed by atoms with Crippen LogP contribution in [0.25, 0.3) is 11.3 Å². The first-order valence-corrected chi connectivity index (χ1v) is 13.1. The maximum absolute atomic E-state index is 12.9. The first-order chi connectivity index (χ1) is 18.1. The van der Waals surface area contributed by atoms with E-state index >= 15 is 0 Å². The zero-order valence-electron chi connectivity index (χ0n) is 21.0. The van der Waals surface area contributed by atoms with Crippen molar-refractivity contribution in [3.63, 3.8) is 0 Å². The van der Waals surface area contributed by atoms with Crippen LogP contribution < -0.4 is 19.7 Å². The number of aromatic nitrogens is 1. The summed E-state index contributed by atoms with van der Waals surface area (Å²) in [5.41, 5.74) is 4.77. The van der Waals surface area contributed by atoms with Gasteiger partial charge in [-0.2, -0.15) is 0 Å². The number of piperazine rings is 1. The van der Waals surface area contributed by atoms with Gasteiger partial charge >= 0.3 is 0 Å². The van der Waals surface area contributed by atoms with Gasteiger partial charge in [0.2, 0.25) is 0 Å². The largest absolute Gasteiger partial charge is 0.497 e. The molecule has 1 aliphatic heterocycles. The Labute approximate surface area is 221 Å². The van der Waals surface area contributed by atoms with Crippen LogP contribution in [0.3, 0.4) is 0 Å². The Hall–Kier alpha value is -3.88. The highest BCUT2D eigenvalue weighted by molar-refractivity contribution is 7.14. The third-order valence-corrected chi connectivity index (χ3v) is 7.30. The van der Waals surface area contributed by atoms with E-state index < -0.39 is 0 Å². The fraction of sp³-hybridized carbons (Fsp3) is 0.241. The van der Waals surface area contributed by atoms with Crippen molar-refractivity contribution in [3.05, 3.63) is 89.3 Å². The smallest absolute Gasteiger partial charge is 0.253 e. The minimum absolute atomic E-state index is 0.0871. The van der Waals surface area contributed by atoms with Crippen molar-refractivity contribution in [2.24, 2.45) is 0 Å². The molecule has 0 radical (unpaired) electrons. The molecule has 0 bridgehead atoms. The number of rotatable bonds is 8. The minimum Gasteiger partial charge on any atom is -0.497 e. The maximum atomic E-state index is 12.9. The van der Waals surface area contributed by atoms with Crippen LogP contribution in [0.1, 0.15) is 15.9 Å². The molecule has 2 heterocycles. The number of nitrogens with zero attached hydrogens (tertiary/aromatic N) is 3. The van der Waals surface area contributed by atoms with Crippen LogP contribution in [0.2, 0.25) is 0 Å². The SMILES string of the molecule is COc1ccc(-c2csc(N(Cc3ccc(C(=O)N4CCNCC4)cc3)c3ccc(OC)cc3)n2)cc1. The van der Waals surface area contributed by atoms with Crippen molar-refractivity contribution < 1.29 is 14.3 Å². The zero-order chi connectivity index (χ0) is 25.6. The molecule has 3 aromatic carbocycles. The number of ether oxygens (including phenoxy) is 2. The van der Waals surface area contributed by atoms with E-state index in [1.54, 1.807) is 25.6 Å². The lowest BCUT2D eigenvalue weighted by Crippen LogP contribution is -2.46. The second kappa shape index (κ2) is 11.5. The van der Waals surface area contributed by atoms with Gasteiger partial charge in [0, 0.05) is 48.4 Å². The second-order valence-electron chi connectivity index (χ2n) is 8.77. The van der Waals surface area contributed by atoms with Gasteiger partial charge in [-0.25, -0.2) is 4.98 Å². The Kier molecular flexibility index (Phi) is 7.67. The molecule has 5 rings (SSSR count). The topological polar surface area (TPSA) is 66.9 Å².